The molecule has 1 saturated heterocycles. The molecule has 138 valence electrons. The smallest absolute Gasteiger partial charge is 0.255 e. The maximum absolute atomic E-state index is 12.8. The van der Waals surface area contributed by atoms with Crippen LogP contribution < -0.4 is 5.73 Å². The number of pyridine rings is 1. The lowest BCUT2D eigenvalue weighted by atomic mass is 9.96. The van der Waals surface area contributed by atoms with Crippen molar-refractivity contribution in [3.8, 4) is 0 Å². The summed E-state index contributed by atoms with van der Waals surface area (Å²) in [6.45, 7) is 2.23. The second-order valence-corrected chi connectivity index (χ2v) is 6.96. The number of anilines is 1. The first-order chi connectivity index (χ1) is 13.2. The third-order valence-electron chi connectivity index (χ3n) is 5.05. The molecule has 27 heavy (non-hydrogen) atoms. The fraction of sp³-hybridized carbons (Fsp3) is 0.286. The van der Waals surface area contributed by atoms with E-state index >= 15 is 0 Å². The van der Waals surface area contributed by atoms with Crippen molar-refractivity contribution in [1.82, 2.24) is 19.4 Å². The number of carbonyl (C=O) groups is 1. The molecule has 0 bridgehead atoms. The Morgan fingerprint density at radius 1 is 1.15 bits per heavy atom. The maximum Gasteiger partial charge on any atom is 0.255 e. The Hall–Kier alpha value is -3.15. The number of amides is 1. The molecule has 2 N–H and O–H groups in total. The number of hydrogen-bond acceptors (Lipinski definition) is 4. The number of imidazole rings is 1. The van der Waals surface area contributed by atoms with E-state index in [0.717, 1.165) is 31.8 Å². The topological polar surface area (TPSA) is 77.0 Å². The SMILES string of the molecule is Nc1ccc(C(=O)N2CCCC(c3nccn3Cc3ccccc3)C2)cn1. The first-order valence-corrected chi connectivity index (χ1v) is 9.26. The Morgan fingerprint density at radius 2 is 2.00 bits per heavy atom. The Balaban J connectivity index is 1.50. The van der Waals surface area contributed by atoms with Crippen LogP contribution in [-0.2, 0) is 6.54 Å². The van der Waals surface area contributed by atoms with Gasteiger partial charge in [-0.15, -0.1) is 0 Å². The quantitative estimate of drug-likeness (QED) is 0.775. The average Bonchev–Trinajstić information content (AvgIpc) is 3.17. The Kier molecular flexibility index (Phi) is 4.87. The number of nitrogens with two attached hydrogens (primary N) is 1. The molecule has 1 unspecified atom stereocenters. The molecule has 6 nitrogen and oxygen atoms in total. The number of piperidine rings is 1. The van der Waals surface area contributed by atoms with E-state index in [9.17, 15) is 4.79 Å². The maximum atomic E-state index is 12.8. The highest BCUT2D eigenvalue weighted by atomic mass is 16.2. The Bertz CT molecular complexity index is 904. The molecule has 1 aliphatic heterocycles. The van der Waals surface area contributed by atoms with Gasteiger partial charge in [0.15, 0.2) is 0 Å². The van der Waals surface area contributed by atoms with Gasteiger partial charge in [0.1, 0.15) is 11.6 Å². The summed E-state index contributed by atoms with van der Waals surface area (Å²) in [5.41, 5.74) is 7.45. The van der Waals surface area contributed by atoms with Gasteiger partial charge >= 0.3 is 0 Å². The molecule has 0 aliphatic carbocycles. The number of nitrogens with zero attached hydrogens (tertiary/aromatic N) is 4. The highest BCUT2D eigenvalue weighted by Gasteiger charge is 2.28. The predicted molar refractivity (Wildman–Crippen MR) is 104 cm³/mol. The molecular weight excluding hydrogens is 338 g/mol. The predicted octanol–water partition coefficient (Wildman–Crippen LogP) is 2.93. The molecule has 2 aromatic heterocycles. The van der Waals surface area contributed by atoms with Crippen LogP contribution in [0.25, 0.3) is 0 Å². The molecule has 1 atom stereocenters. The minimum atomic E-state index is 0.00775. The molecule has 6 heteroatoms. The van der Waals surface area contributed by atoms with Crippen molar-refractivity contribution in [2.24, 2.45) is 0 Å². The van der Waals surface area contributed by atoms with Gasteiger partial charge in [-0.25, -0.2) is 9.97 Å². The van der Waals surface area contributed by atoms with Gasteiger partial charge < -0.3 is 15.2 Å². The number of rotatable bonds is 4. The number of carbonyl (C=O) groups excluding carboxylic acids is 1. The average molecular weight is 361 g/mol. The number of benzene rings is 1. The van der Waals surface area contributed by atoms with Crippen LogP contribution >= 0.6 is 0 Å². The molecule has 1 aromatic carbocycles. The van der Waals surface area contributed by atoms with Crippen LogP contribution in [0.1, 0.15) is 40.5 Å². The van der Waals surface area contributed by atoms with Gasteiger partial charge in [0.25, 0.3) is 5.91 Å². The van der Waals surface area contributed by atoms with E-state index in [0.29, 0.717) is 17.9 Å². The fourth-order valence-electron chi connectivity index (χ4n) is 3.68. The zero-order valence-corrected chi connectivity index (χ0v) is 15.2. The van der Waals surface area contributed by atoms with Crippen LogP contribution in [0.4, 0.5) is 5.82 Å². The summed E-state index contributed by atoms with van der Waals surface area (Å²) < 4.78 is 2.19. The minimum absolute atomic E-state index is 0.00775. The molecule has 1 fully saturated rings. The molecule has 3 aromatic rings. The van der Waals surface area contributed by atoms with Crippen molar-refractivity contribution < 1.29 is 4.79 Å². The van der Waals surface area contributed by atoms with Gasteiger partial charge in [-0.1, -0.05) is 30.3 Å². The third kappa shape index (κ3) is 3.84. The van der Waals surface area contributed by atoms with Gasteiger partial charge in [0, 0.05) is 44.1 Å². The monoisotopic (exact) mass is 361 g/mol. The largest absolute Gasteiger partial charge is 0.384 e. The van der Waals surface area contributed by atoms with E-state index in [1.54, 1.807) is 18.3 Å². The van der Waals surface area contributed by atoms with Crippen LogP contribution in [0.15, 0.2) is 61.1 Å². The molecule has 0 saturated carbocycles. The van der Waals surface area contributed by atoms with Gasteiger partial charge in [-0.3, -0.25) is 4.79 Å². The number of hydrogen-bond donors (Lipinski definition) is 1. The van der Waals surface area contributed by atoms with Crippen LogP contribution in [-0.4, -0.2) is 38.4 Å². The first-order valence-electron chi connectivity index (χ1n) is 9.26. The lowest BCUT2D eigenvalue weighted by Gasteiger charge is -2.32. The standard InChI is InChI=1S/C21H23N5O/c22-19-9-8-17(13-24-19)21(27)26-11-4-7-18(15-26)20-23-10-12-25(20)14-16-5-2-1-3-6-16/h1-3,5-6,8-10,12-13,18H,4,7,11,14-15H2,(H2,22,24). The molecule has 1 amide bonds. The summed E-state index contributed by atoms with van der Waals surface area (Å²) in [7, 11) is 0. The van der Waals surface area contributed by atoms with Gasteiger partial charge in [0.2, 0.25) is 0 Å². The third-order valence-corrected chi connectivity index (χ3v) is 5.05. The zero-order valence-electron chi connectivity index (χ0n) is 15.2. The summed E-state index contributed by atoms with van der Waals surface area (Å²) in [4.78, 5) is 23.4. The summed E-state index contributed by atoms with van der Waals surface area (Å²) >= 11 is 0. The Morgan fingerprint density at radius 3 is 2.78 bits per heavy atom. The van der Waals surface area contributed by atoms with E-state index in [1.165, 1.54) is 5.56 Å². The molecule has 0 radical (unpaired) electrons. The number of likely N-dealkylation sites (tertiary alicyclic amines) is 1. The van der Waals surface area contributed by atoms with Crippen LogP contribution in [0, 0.1) is 0 Å². The Labute approximate surface area is 158 Å². The van der Waals surface area contributed by atoms with Crippen molar-refractivity contribution in [2.75, 3.05) is 18.8 Å². The molecule has 0 spiro atoms. The van der Waals surface area contributed by atoms with Crippen molar-refractivity contribution in [2.45, 2.75) is 25.3 Å². The second-order valence-electron chi connectivity index (χ2n) is 6.96. The first kappa shape index (κ1) is 17.3. The fourth-order valence-corrected chi connectivity index (χ4v) is 3.68. The summed E-state index contributed by atoms with van der Waals surface area (Å²) in [5, 5.41) is 0. The highest BCUT2D eigenvalue weighted by molar-refractivity contribution is 5.94. The summed E-state index contributed by atoms with van der Waals surface area (Å²) in [6, 6.07) is 13.8. The lowest BCUT2D eigenvalue weighted by molar-refractivity contribution is 0.0703. The lowest BCUT2D eigenvalue weighted by Crippen LogP contribution is -2.39. The van der Waals surface area contributed by atoms with Gasteiger partial charge in [-0.2, -0.15) is 0 Å². The number of aromatic nitrogens is 3. The molecule has 1 aliphatic rings. The molecule has 3 heterocycles. The van der Waals surface area contributed by atoms with Gasteiger partial charge in [0.05, 0.1) is 5.56 Å². The van der Waals surface area contributed by atoms with E-state index in [-0.39, 0.29) is 11.8 Å². The van der Waals surface area contributed by atoms with Crippen molar-refractivity contribution in [3.63, 3.8) is 0 Å². The van der Waals surface area contributed by atoms with E-state index < -0.39 is 0 Å². The minimum Gasteiger partial charge on any atom is -0.384 e. The van der Waals surface area contributed by atoms with E-state index in [4.69, 9.17) is 5.73 Å². The van der Waals surface area contributed by atoms with Crippen molar-refractivity contribution in [3.05, 3.63) is 78.0 Å². The van der Waals surface area contributed by atoms with Crippen molar-refractivity contribution in [1.29, 1.82) is 0 Å². The highest BCUT2D eigenvalue weighted by Crippen LogP contribution is 2.27. The zero-order chi connectivity index (χ0) is 18.6. The normalized spacial score (nSPS) is 17.0. The molecule has 4 rings (SSSR count). The van der Waals surface area contributed by atoms with Crippen molar-refractivity contribution >= 4 is 11.7 Å². The summed E-state index contributed by atoms with van der Waals surface area (Å²) in [6.07, 6.45) is 7.43. The van der Waals surface area contributed by atoms with E-state index in [1.807, 2.05) is 35.5 Å². The second kappa shape index (κ2) is 7.61. The van der Waals surface area contributed by atoms with E-state index in [2.05, 4.69) is 26.7 Å². The number of nitrogen functional groups attached to an aromatic ring is 1. The summed E-state index contributed by atoms with van der Waals surface area (Å²) in [5.74, 6) is 1.72. The van der Waals surface area contributed by atoms with Gasteiger partial charge in [-0.05, 0) is 30.5 Å². The van der Waals surface area contributed by atoms with Crippen LogP contribution in [0.5, 0.6) is 0 Å². The van der Waals surface area contributed by atoms with Crippen LogP contribution in [0.3, 0.4) is 0 Å². The molecular formula is C21H23N5O. The van der Waals surface area contributed by atoms with Crippen LogP contribution in [0.2, 0.25) is 0 Å².